The van der Waals surface area contributed by atoms with Crippen molar-refractivity contribution in [1.29, 1.82) is 0 Å². The summed E-state index contributed by atoms with van der Waals surface area (Å²) < 4.78 is 18.9. The minimum atomic E-state index is -0.996. The number of nitrogens with zero attached hydrogens (tertiary/aromatic N) is 1. The quantitative estimate of drug-likeness (QED) is 0.600. The maximum Gasteiger partial charge on any atom is 0.335 e. The zero-order valence-electron chi connectivity index (χ0n) is 15.1. The van der Waals surface area contributed by atoms with Gasteiger partial charge in [-0.05, 0) is 42.3 Å². The van der Waals surface area contributed by atoms with Gasteiger partial charge in [0.2, 0.25) is 5.88 Å². The number of pyridine rings is 1. The fourth-order valence-electron chi connectivity index (χ4n) is 2.54. The third-order valence-electron chi connectivity index (χ3n) is 3.97. The van der Waals surface area contributed by atoms with Crippen molar-refractivity contribution < 1.29 is 23.8 Å². The Morgan fingerprint density at radius 2 is 1.90 bits per heavy atom. The van der Waals surface area contributed by atoms with Crippen molar-refractivity contribution in [2.45, 2.75) is 6.42 Å². The summed E-state index contributed by atoms with van der Waals surface area (Å²) in [6, 6.07) is 13.3. The minimum Gasteiger partial charge on any atom is -0.478 e. The molecule has 2 N–H and O–H groups in total. The average Bonchev–Trinajstić information content (AvgIpc) is 2.69. The van der Waals surface area contributed by atoms with Crippen LogP contribution in [0.15, 0.2) is 60.8 Å². The van der Waals surface area contributed by atoms with Gasteiger partial charge in [-0.25, -0.2) is 14.2 Å². The van der Waals surface area contributed by atoms with E-state index in [0.29, 0.717) is 13.0 Å². The van der Waals surface area contributed by atoms with E-state index >= 15 is 0 Å². The number of benzene rings is 2. The van der Waals surface area contributed by atoms with Gasteiger partial charge in [0.1, 0.15) is 17.1 Å². The van der Waals surface area contributed by atoms with Gasteiger partial charge in [0.25, 0.3) is 5.91 Å². The number of ether oxygens (including phenoxy) is 1. The monoisotopic (exact) mass is 414 g/mol. The molecule has 0 radical (unpaired) electrons. The summed E-state index contributed by atoms with van der Waals surface area (Å²) in [6.07, 6.45) is 1.83. The number of rotatable bonds is 7. The highest BCUT2D eigenvalue weighted by atomic mass is 35.5. The molecule has 2 aromatic carbocycles. The molecule has 3 aromatic rings. The van der Waals surface area contributed by atoms with E-state index in [4.69, 9.17) is 21.4 Å². The molecule has 1 aromatic heterocycles. The number of carbonyl (C=O) groups is 2. The zero-order valence-corrected chi connectivity index (χ0v) is 15.8. The van der Waals surface area contributed by atoms with Crippen LogP contribution >= 0.6 is 11.6 Å². The van der Waals surface area contributed by atoms with Crippen LogP contribution in [0.5, 0.6) is 11.6 Å². The Bertz CT molecular complexity index is 1040. The van der Waals surface area contributed by atoms with E-state index in [1.165, 1.54) is 42.6 Å². The predicted molar refractivity (Wildman–Crippen MR) is 105 cm³/mol. The van der Waals surface area contributed by atoms with Crippen LogP contribution in [0, 0.1) is 5.82 Å². The summed E-state index contributed by atoms with van der Waals surface area (Å²) >= 11 is 5.95. The molecule has 0 saturated heterocycles. The fourth-order valence-corrected chi connectivity index (χ4v) is 2.70. The number of aromatic nitrogens is 1. The Hall–Kier alpha value is -3.45. The normalized spacial score (nSPS) is 10.4. The highest BCUT2D eigenvalue weighted by Gasteiger charge is 2.16. The first-order valence-electron chi connectivity index (χ1n) is 8.62. The Kier molecular flexibility index (Phi) is 6.41. The first-order valence-corrected chi connectivity index (χ1v) is 8.99. The number of hydrogen-bond acceptors (Lipinski definition) is 4. The second-order valence-electron chi connectivity index (χ2n) is 6.07. The van der Waals surface area contributed by atoms with Crippen LogP contribution < -0.4 is 10.1 Å². The smallest absolute Gasteiger partial charge is 0.335 e. The van der Waals surface area contributed by atoms with Crippen LogP contribution in [-0.4, -0.2) is 28.5 Å². The fraction of sp³-hybridized carbons (Fsp3) is 0.0952. The summed E-state index contributed by atoms with van der Waals surface area (Å²) in [4.78, 5) is 27.5. The van der Waals surface area contributed by atoms with Gasteiger partial charge >= 0.3 is 5.97 Å². The van der Waals surface area contributed by atoms with E-state index in [1.807, 2.05) is 0 Å². The van der Waals surface area contributed by atoms with E-state index < -0.39 is 17.7 Å². The van der Waals surface area contributed by atoms with Gasteiger partial charge in [0.15, 0.2) is 0 Å². The van der Waals surface area contributed by atoms with E-state index in [2.05, 4.69) is 10.3 Å². The largest absolute Gasteiger partial charge is 0.478 e. The molecule has 0 aliphatic carbocycles. The lowest BCUT2D eigenvalue weighted by molar-refractivity contribution is 0.0696. The molecule has 0 atom stereocenters. The van der Waals surface area contributed by atoms with Crippen molar-refractivity contribution in [2.75, 3.05) is 6.54 Å². The molecule has 29 heavy (non-hydrogen) atoms. The van der Waals surface area contributed by atoms with Crippen LogP contribution in [0.25, 0.3) is 0 Å². The van der Waals surface area contributed by atoms with E-state index in [9.17, 15) is 14.0 Å². The van der Waals surface area contributed by atoms with Gasteiger partial charge in [-0.15, -0.1) is 0 Å². The standard InChI is InChI=1S/C21H16ClFN2O4/c22-15-10-18(20(25-12-15)29-17-3-1-2-16(23)11-17)19(26)24-9-8-13-4-6-14(7-5-13)21(27)28/h1-7,10-12H,8-9H2,(H,24,26)(H,27,28). The van der Waals surface area contributed by atoms with Crippen LogP contribution in [0.3, 0.4) is 0 Å². The number of halogens is 2. The third kappa shape index (κ3) is 5.52. The van der Waals surface area contributed by atoms with E-state index in [1.54, 1.807) is 18.2 Å². The molecule has 0 fully saturated rings. The lowest BCUT2D eigenvalue weighted by Gasteiger charge is -2.11. The molecule has 0 aliphatic rings. The molecule has 1 heterocycles. The molecular formula is C21H16ClFN2O4. The second-order valence-corrected chi connectivity index (χ2v) is 6.51. The second kappa shape index (κ2) is 9.16. The van der Waals surface area contributed by atoms with Crippen molar-refractivity contribution >= 4 is 23.5 Å². The summed E-state index contributed by atoms with van der Waals surface area (Å²) in [5.74, 6) is -1.72. The SMILES string of the molecule is O=C(O)c1ccc(CCNC(=O)c2cc(Cl)cnc2Oc2cccc(F)c2)cc1. The van der Waals surface area contributed by atoms with Gasteiger partial charge in [-0.1, -0.05) is 29.8 Å². The maximum absolute atomic E-state index is 13.4. The van der Waals surface area contributed by atoms with Crippen LogP contribution in [0.1, 0.15) is 26.3 Å². The molecule has 0 spiro atoms. The van der Waals surface area contributed by atoms with Crippen LogP contribution in [0.4, 0.5) is 4.39 Å². The molecule has 1 amide bonds. The lowest BCUT2D eigenvalue weighted by atomic mass is 10.1. The molecule has 148 valence electrons. The molecule has 0 saturated carbocycles. The number of nitrogens with one attached hydrogen (secondary N) is 1. The number of carboxylic acids is 1. The van der Waals surface area contributed by atoms with Gasteiger partial charge in [-0.2, -0.15) is 0 Å². The number of carbonyl (C=O) groups excluding carboxylic acids is 1. The van der Waals surface area contributed by atoms with Crippen LogP contribution in [-0.2, 0) is 6.42 Å². The Morgan fingerprint density at radius 3 is 2.59 bits per heavy atom. The summed E-state index contributed by atoms with van der Waals surface area (Å²) in [6.45, 7) is 0.303. The molecule has 6 nitrogen and oxygen atoms in total. The van der Waals surface area contributed by atoms with Crippen molar-refractivity contribution in [3.8, 4) is 11.6 Å². The zero-order chi connectivity index (χ0) is 20.8. The predicted octanol–water partition coefficient (Wildman–Crippen LogP) is 4.34. The van der Waals surface area contributed by atoms with Gasteiger partial charge in [0, 0.05) is 18.8 Å². The molecule has 0 unspecified atom stereocenters. The first-order chi connectivity index (χ1) is 13.9. The first kappa shape index (κ1) is 20.3. The summed E-state index contributed by atoms with van der Waals surface area (Å²) in [7, 11) is 0. The number of carboxylic acid groups (broad SMARTS) is 1. The van der Waals surface area contributed by atoms with Gasteiger partial charge in [-0.3, -0.25) is 4.79 Å². The van der Waals surface area contributed by atoms with E-state index in [0.717, 1.165) is 5.56 Å². The van der Waals surface area contributed by atoms with Crippen molar-refractivity contribution in [3.63, 3.8) is 0 Å². The third-order valence-corrected chi connectivity index (χ3v) is 4.18. The summed E-state index contributed by atoms with van der Waals surface area (Å²) in [5.41, 5.74) is 1.18. The number of aromatic carboxylic acids is 1. The minimum absolute atomic E-state index is 0.00307. The van der Waals surface area contributed by atoms with Gasteiger partial charge < -0.3 is 15.2 Å². The van der Waals surface area contributed by atoms with Crippen molar-refractivity contribution in [1.82, 2.24) is 10.3 Å². The highest BCUT2D eigenvalue weighted by molar-refractivity contribution is 6.30. The number of amides is 1. The summed E-state index contributed by atoms with van der Waals surface area (Å²) in [5, 5.41) is 11.9. The molecule has 0 aliphatic heterocycles. The van der Waals surface area contributed by atoms with Crippen molar-refractivity contribution in [3.05, 3.63) is 88.3 Å². The van der Waals surface area contributed by atoms with E-state index in [-0.39, 0.29) is 27.8 Å². The molecule has 0 bridgehead atoms. The molecule has 3 rings (SSSR count). The average molecular weight is 415 g/mol. The van der Waals surface area contributed by atoms with Gasteiger partial charge in [0.05, 0.1) is 10.6 Å². The molecule has 8 heteroatoms. The van der Waals surface area contributed by atoms with Crippen molar-refractivity contribution in [2.24, 2.45) is 0 Å². The maximum atomic E-state index is 13.4. The highest BCUT2D eigenvalue weighted by Crippen LogP contribution is 2.25. The Balaban J connectivity index is 1.66. The van der Waals surface area contributed by atoms with Crippen LogP contribution in [0.2, 0.25) is 5.02 Å². The Labute approximate surface area is 170 Å². The lowest BCUT2D eigenvalue weighted by Crippen LogP contribution is -2.26. The number of hydrogen-bond donors (Lipinski definition) is 2. The molecular weight excluding hydrogens is 399 g/mol. The Morgan fingerprint density at radius 1 is 1.14 bits per heavy atom. The topological polar surface area (TPSA) is 88.5 Å².